The molecule has 7 nitrogen and oxygen atoms in total. The molecule has 10 heteroatoms. The van der Waals surface area contributed by atoms with Crippen LogP contribution in [0, 0.1) is 0 Å². The third-order valence-corrected chi connectivity index (χ3v) is 3.88. The molecule has 2 aromatic rings. The molecule has 2 N–H and O–H groups in total. The molecule has 3 rings (SSSR count). The Morgan fingerprint density at radius 2 is 2.12 bits per heavy atom. The zero-order valence-corrected chi connectivity index (χ0v) is 13.7. The Bertz CT molecular complexity index is 757. The van der Waals surface area contributed by atoms with Gasteiger partial charge in [0.2, 0.25) is 5.88 Å². The van der Waals surface area contributed by atoms with E-state index in [4.69, 9.17) is 4.74 Å². The number of pyridine rings is 1. The molecule has 2 aromatic heterocycles. The van der Waals surface area contributed by atoms with Crippen LogP contribution in [0.15, 0.2) is 24.4 Å². The first-order chi connectivity index (χ1) is 12.4. The van der Waals surface area contributed by atoms with E-state index in [0.29, 0.717) is 24.9 Å². The van der Waals surface area contributed by atoms with Gasteiger partial charge in [-0.2, -0.15) is 18.3 Å². The normalized spacial score (nSPS) is 15.7. The van der Waals surface area contributed by atoms with Crippen molar-refractivity contribution in [1.29, 1.82) is 0 Å². The highest BCUT2D eigenvalue weighted by Gasteiger charge is 2.28. The van der Waals surface area contributed by atoms with Gasteiger partial charge in [-0.15, -0.1) is 0 Å². The lowest BCUT2D eigenvalue weighted by molar-refractivity contribution is -0.154. The summed E-state index contributed by atoms with van der Waals surface area (Å²) in [5.74, 6) is -0.162. The van der Waals surface area contributed by atoms with E-state index in [1.165, 1.54) is 12.3 Å². The summed E-state index contributed by atoms with van der Waals surface area (Å²) in [7, 11) is 0. The number of alkyl halides is 3. The third kappa shape index (κ3) is 4.94. The van der Waals surface area contributed by atoms with E-state index in [9.17, 15) is 18.0 Å². The molecule has 1 saturated heterocycles. The summed E-state index contributed by atoms with van der Waals surface area (Å²) in [6.45, 7) is -0.106. The van der Waals surface area contributed by atoms with Crippen molar-refractivity contribution in [3.8, 4) is 5.88 Å². The minimum atomic E-state index is -4.48. The van der Waals surface area contributed by atoms with Crippen LogP contribution in [0.3, 0.4) is 0 Å². The van der Waals surface area contributed by atoms with Gasteiger partial charge in [-0.1, -0.05) is 0 Å². The van der Waals surface area contributed by atoms with Crippen LogP contribution in [0.25, 0.3) is 0 Å². The highest BCUT2D eigenvalue weighted by molar-refractivity contribution is 6.03. The van der Waals surface area contributed by atoms with Crippen molar-refractivity contribution >= 4 is 11.7 Å². The zero-order valence-electron chi connectivity index (χ0n) is 13.7. The maximum absolute atomic E-state index is 12.3. The molecule has 140 valence electrons. The summed E-state index contributed by atoms with van der Waals surface area (Å²) < 4.78 is 46.4. The Balaban J connectivity index is 1.62. The standard InChI is InChI=1S/C16H17F3N4O3/c17-16(18,19)9-26-14-7-11(1-4-20-14)15(24)21-13-8-12(22-23-13)10-2-5-25-6-3-10/h1,4,7-8,10H,2-3,5-6,9H2,(H2,21,22,23,24). The molecule has 1 aliphatic heterocycles. The summed E-state index contributed by atoms with van der Waals surface area (Å²) in [6.07, 6.45) is -1.52. The molecular formula is C16H17F3N4O3. The van der Waals surface area contributed by atoms with Crippen LogP contribution in [0.1, 0.15) is 34.8 Å². The van der Waals surface area contributed by atoms with Gasteiger partial charge in [-0.3, -0.25) is 9.89 Å². The van der Waals surface area contributed by atoms with Crippen molar-refractivity contribution in [2.45, 2.75) is 24.9 Å². The molecule has 0 spiro atoms. The van der Waals surface area contributed by atoms with Crippen LogP contribution < -0.4 is 10.1 Å². The molecule has 26 heavy (non-hydrogen) atoms. The summed E-state index contributed by atoms with van der Waals surface area (Å²) >= 11 is 0. The van der Waals surface area contributed by atoms with E-state index in [0.717, 1.165) is 24.6 Å². The van der Waals surface area contributed by atoms with E-state index in [-0.39, 0.29) is 11.4 Å². The first-order valence-corrected chi connectivity index (χ1v) is 8.01. The number of amides is 1. The average molecular weight is 370 g/mol. The van der Waals surface area contributed by atoms with Crippen molar-refractivity contribution in [2.24, 2.45) is 0 Å². The number of hydrogen-bond donors (Lipinski definition) is 2. The van der Waals surface area contributed by atoms with Crippen LogP contribution in [0.5, 0.6) is 5.88 Å². The van der Waals surface area contributed by atoms with Gasteiger partial charge in [0.05, 0.1) is 0 Å². The number of nitrogens with one attached hydrogen (secondary N) is 2. The van der Waals surface area contributed by atoms with Crippen LogP contribution in [0.2, 0.25) is 0 Å². The fraction of sp³-hybridized carbons (Fsp3) is 0.438. The number of aromatic amines is 1. The molecule has 0 atom stereocenters. The largest absolute Gasteiger partial charge is 0.468 e. The monoisotopic (exact) mass is 370 g/mol. The van der Waals surface area contributed by atoms with Crippen LogP contribution in [0.4, 0.5) is 19.0 Å². The SMILES string of the molecule is O=C(Nc1cc(C2CCOCC2)[nH]n1)c1ccnc(OCC(F)(F)F)c1. The number of carbonyl (C=O) groups excluding carboxylic acids is 1. The van der Waals surface area contributed by atoms with Crippen molar-refractivity contribution in [2.75, 3.05) is 25.1 Å². The minimum Gasteiger partial charge on any atom is -0.468 e. The summed E-state index contributed by atoms with van der Waals surface area (Å²) in [5.41, 5.74) is 1.03. The van der Waals surface area contributed by atoms with Gasteiger partial charge in [0, 0.05) is 48.7 Å². The van der Waals surface area contributed by atoms with Gasteiger partial charge in [-0.05, 0) is 18.9 Å². The second-order valence-corrected chi connectivity index (χ2v) is 5.84. The van der Waals surface area contributed by atoms with E-state index in [1.54, 1.807) is 6.07 Å². The fourth-order valence-electron chi connectivity index (χ4n) is 2.59. The van der Waals surface area contributed by atoms with Crippen LogP contribution in [-0.2, 0) is 4.74 Å². The van der Waals surface area contributed by atoms with Gasteiger partial charge >= 0.3 is 6.18 Å². The number of aromatic nitrogens is 3. The van der Waals surface area contributed by atoms with E-state index >= 15 is 0 Å². The maximum Gasteiger partial charge on any atom is 0.422 e. The van der Waals surface area contributed by atoms with Crippen LogP contribution in [-0.4, -0.2) is 47.1 Å². The summed E-state index contributed by atoms with van der Waals surface area (Å²) in [6, 6.07) is 4.27. The summed E-state index contributed by atoms with van der Waals surface area (Å²) in [4.78, 5) is 15.9. The second kappa shape index (κ2) is 7.73. The highest BCUT2D eigenvalue weighted by Crippen LogP contribution is 2.26. The number of nitrogens with zero attached hydrogens (tertiary/aromatic N) is 2. The third-order valence-electron chi connectivity index (χ3n) is 3.88. The molecule has 0 saturated carbocycles. The number of carbonyl (C=O) groups is 1. The van der Waals surface area contributed by atoms with E-state index in [1.807, 2.05) is 0 Å². The number of rotatable bonds is 5. The van der Waals surface area contributed by atoms with Gasteiger partial charge in [0.25, 0.3) is 5.91 Å². The first kappa shape index (κ1) is 18.2. The van der Waals surface area contributed by atoms with Gasteiger partial charge in [0.15, 0.2) is 12.4 Å². The van der Waals surface area contributed by atoms with E-state index < -0.39 is 18.7 Å². The number of H-pyrrole nitrogens is 1. The summed E-state index contributed by atoms with van der Waals surface area (Å²) in [5, 5.41) is 9.55. The predicted molar refractivity (Wildman–Crippen MR) is 85.1 cm³/mol. The number of halogens is 3. The molecule has 1 fully saturated rings. The number of hydrogen-bond acceptors (Lipinski definition) is 5. The Hall–Kier alpha value is -2.62. The minimum absolute atomic E-state index is 0.118. The number of ether oxygens (including phenoxy) is 2. The Labute approximate surface area is 146 Å². The molecule has 0 radical (unpaired) electrons. The molecular weight excluding hydrogens is 353 g/mol. The fourth-order valence-corrected chi connectivity index (χ4v) is 2.59. The Morgan fingerprint density at radius 1 is 1.35 bits per heavy atom. The lowest BCUT2D eigenvalue weighted by atomic mass is 9.97. The lowest BCUT2D eigenvalue weighted by Gasteiger charge is -2.20. The first-order valence-electron chi connectivity index (χ1n) is 8.01. The Morgan fingerprint density at radius 3 is 2.85 bits per heavy atom. The maximum atomic E-state index is 12.3. The number of anilines is 1. The highest BCUT2D eigenvalue weighted by atomic mass is 19.4. The van der Waals surface area contributed by atoms with Crippen molar-refractivity contribution in [3.63, 3.8) is 0 Å². The van der Waals surface area contributed by atoms with Gasteiger partial charge < -0.3 is 14.8 Å². The zero-order chi connectivity index (χ0) is 18.6. The van der Waals surface area contributed by atoms with Gasteiger partial charge in [0.1, 0.15) is 0 Å². The Kier molecular flexibility index (Phi) is 5.40. The lowest BCUT2D eigenvalue weighted by Crippen LogP contribution is -2.20. The average Bonchev–Trinajstić information content (AvgIpc) is 3.09. The molecule has 0 aromatic carbocycles. The molecule has 1 amide bonds. The van der Waals surface area contributed by atoms with Crippen LogP contribution >= 0.6 is 0 Å². The van der Waals surface area contributed by atoms with Crippen molar-refractivity contribution < 1.29 is 27.4 Å². The van der Waals surface area contributed by atoms with Crippen molar-refractivity contribution in [3.05, 3.63) is 35.7 Å². The quantitative estimate of drug-likeness (QED) is 0.845. The van der Waals surface area contributed by atoms with Crippen molar-refractivity contribution in [1.82, 2.24) is 15.2 Å². The molecule has 1 aliphatic rings. The smallest absolute Gasteiger partial charge is 0.422 e. The second-order valence-electron chi connectivity index (χ2n) is 5.84. The molecule has 3 heterocycles. The molecule has 0 unspecified atom stereocenters. The predicted octanol–water partition coefficient (Wildman–Crippen LogP) is 2.89. The molecule has 0 aliphatic carbocycles. The van der Waals surface area contributed by atoms with E-state index in [2.05, 4.69) is 25.2 Å². The molecule has 0 bridgehead atoms. The van der Waals surface area contributed by atoms with Gasteiger partial charge in [-0.25, -0.2) is 4.98 Å². The topological polar surface area (TPSA) is 89.1 Å².